The Morgan fingerprint density at radius 2 is 1.88 bits per heavy atom. The normalized spacial score (nSPS) is 18.2. The smallest absolute Gasteiger partial charge is 0.408 e. The van der Waals surface area contributed by atoms with Crippen LogP contribution in [-0.4, -0.2) is 36.0 Å². The third-order valence-electron chi connectivity index (χ3n) is 6.28. The third-order valence-corrected chi connectivity index (χ3v) is 8.71. The minimum absolute atomic E-state index is 0.0742. The van der Waals surface area contributed by atoms with Crippen LogP contribution in [0.2, 0.25) is 0 Å². The number of benzene rings is 1. The zero-order valence-electron chi connectivity index (χ0n) is 19.3. The van der Waals surface area contributed by atoms with Gasteiger partial charge in [0.1, 0.15) is 12.4 Å². The molecule has 0 radical (unpaired) electrons. The van der Waals surface area contributed by atoms with Crippen LogP contribution < -0.4 is 5.32 Å². The molecule has 0 spiro atoms. The number of hydrogen-bond donors (Lipinski definition) is 2. The summed E-state index contributed by atoms with van der Waals surface area (Å²) >= 11 is 0. The van der Waals surface area contributed by atoms with E-state index in [2.05, 4.69) is 5.32 Å². The van der Waals surface area contributed by atoms with E-state index in [1.807, 2.05) is 30.3 Å². The van der Waals surface area contributed by atoms with Crippen LogP contribution >= 0.6 is 7.37 Å². The number of alkyl carbamates (subject to hydrolysis) is 1. The molecule has 0 aromatic heterocycles. The van der Waals surface area contributed by atoms with Gasteiger partial charge in [-0.1, -0.05) is 82.2 Å². The molecule has 1 fully saturated rings. The lowest BCUT2D eigenvalue weighted by atomic mass is 9.85. The molecule has 7 nitrogen and oxygen atoms in total. The highest BCUT2D eigenvalue weighted by molar-refractivity contribution is 7.58. The third kappa shape index (κ3) is 8.95. The topological polar surface area (TPSA) is 102 Å². The van der Waals surface area contributed by atoms with E-state index in [9.17, 15) is 19.0 Å². The minimum atomic E-state index is -3.86. The van der Waals surface area contributed by atoms with Crippen LogP contribution in [0.4, 0.5) is 4.79 Å². The first-order chi connectivity index (χ1) is 15.4. The van der Waals surface area contributed by atoms with Crippen LogP contribution in [0, 0.1) is 11.8 Å². The Labute approximate surface area is 191 Å². The fraction of sp³-hybridized carbons (Fsp3) is 0.667. The molecular weight excluding hydrogens is 429 g/mol. The van der Waals surface area contributed by atoms with E-state index < -0.39 is 31.1 Å². The molecule has 1 aliphatic carbocycles. The number of nitrogens with one attached hydrogen (secondary N) is 1. The van der Waals surface area contributed by atoms with Crippen molar-refractivity contribution in [2.75, 3.05) is 13.3 Å². The molecule has 8 heteroatoms. The second kappa shape index (κ2) is 13.6. The maximum absolute atomic E-state index is 13.1. The molecule has 3 atom stereocenters. The van der Waals surface area contributed by atoms with Crippen molar-refractivity contribution < 1.29 is 28.5 Å². The van der Waals surface area contributed by atoms with E-state index in [-0.39, 0.29) is 19.2 Å². The number of rotatable bonds is 12. The van der Waals surface area contributed by atoms with Gasteiger partial charge in [0.15, 0.2) is 0 Å². The van der Waals surface area contributed by atoms with Crippen molar-refractivity contribution >= 4 is 19.4 Å². The largest absolute Gasteiger partial charge is 0.469 e. The number of hydrogen-bond acceptors (Lipinski definition) is 5. The Bertz CT molecular complexity index is 750. The van der Waals surface area contributed by atoms with Gasteiger partial charge in [0.2, 0.25) is 7.37 Å². The van der Waals surface area contributed by atoms with Crippen molar-refractivity contribution in [2.24, 2.45) is 11.8 Å². The van der Waals surface area contributed by atoms with Crippen LogP contribution in [0.15, 0.2) is 30.3 Å². The van der Waals surface area contributed by atoms with Crippen LogP contribution in [0.25, 0.3) is 0 Å². The van der Waals surface area contributed by atoms with Gasteiger partial charge in [0, 0.05) is 6.16 Å². The maximum atomic E-state index is 13.1. The fourth-order valence-electron chi connectivity index (χ4n) is 4.41. The summed E-state index contributed by atoms with van der Waals surface area (Å²) in [7, 11) is -2.56. The number of carbonyl (C=O) groups excluding carboxylic acids is 2. The Morgan fingerprint density at radius 3 is 2.50 bits per heavy atom. The fourth-order valence-corrected chi connectivity index (χ4v) is 6.51. The number of carbonyl (C=O) groups is 2. The predicted octanol–water partition coefficient (Wildman–Crippen LogP) is 5.46. The summed E-state index contributed by atoms with van der Waals surface area (Å²) in [6.45, 7) is 1.80. The highest BCUT2D eigenvalue weighted by Crippen LogP contribution is 2.49. The van der Waals surface area contributed by atoms with Gasteiger partial charge in [0.05, 0.1) is 13.0 Å². The standard InChI is InChI=1S/C24H38NO6P/c1-3-22(25-24(27)31-17-20-13-8-5-9-14-20)32(28,29)18-21(23(26)30-2)16-10-15-19-11-6-4-7-12-19/h5,8-9,13-14,19,21-22H,3-4,6-7,10-12,15-18H2,1-2H3,(H,25,27)(H,28,29). The van der Waals surface area contributed by atoms with Crippen LogP contribution in [0.1, 0.15) is 70.3 Å². The molecule has 1 amide bonds. The number of methoxy groups -OCH3 is 1. The monoisotopic (exact) mass is 467 g/mol. The van der Waals surface area contributed by atoms with Gasteiger partial charge in [-0.05, 0) is 24.3 Å². The van der Waals surface area contributed by atoms with Crippen LogP contribution in [-0.2, 0) is 25.4 Å². The number of ether oxygens (including phenoxy) is 2. The van der Waals surface area contributed by atoms with E-state index in [4.69, 9.17) is 9.47 Å². The first-order valence-electron chi connectivity index (χ1n) is 11.7. The van der Waals surface area contributed by atoms with Crippen LogP contribution in [0.3, 0.4) is 0 Å². The van der Waals surface area contributed by atoms with Gasteiger partial charge in [0.25, 0.3) is 0 Å². The molecule has 0 saturated heterocycles. The predicted molar refractivity (Wildman–Crippen MR) is 124 cm³/mol. The summed E-state index contributed by atoms with van der Waals surface area (Å²) in [6, 6.07) is 9.21. The van der Waals surface area contributed by atoms with Crippen molar-refractivity contribution in [1.29, 1.82) is 0 Å². The van der Waals surface area contributed by atoms with Gasteiger partial charge in [-0.15, -0.1) is 0 Å². The molecule has 0 aliphatic heterocycles. The lowest BCUT2D eigenvalue weighted by Gasteiger charge is -2.26. The Hall–Kier alpha value is -1.85. The Kier molecular flexibility index (Phi) is 11.3. The van der Waals surface area contributed by atoms with Crippen molar-refractivity contribution in [2.45, 2.75) is 77.1 Å². The molecule has 1 saturated carbocycles. The molecule has 32 heavy (non-hydrogen) atoms. The van der Waals surface area contributed by atoms with Gasteiger partial charge in [-0.2, -0.15) is 0 Å². The Morgan fingerprint density at radius 1 is 1.19 bits per heavy atom. The first-order valence-corrected chi connectivity index (χ1v) is 13.6. The van der Waals surface area contributed by atoms with Gasteiger partial charge < -0.3 is 19.7 Å². The van der Waals surface area contributed by atoms with E-state index in [1.165, 1.54) is 39.2 Å². The second-order valence-corrected chi connectivity index (χ2v) is 11.2. The highest BCUT2D eigenvalue weighted by atomic mass is 31.2. The molecule has 1 aromatic carbocycles. The van der Waals surface area contributed by atoms with Crippen molar-refractivity contribution in [1.82, 2.24) is 5.32 Å². The van der Waals surface area contributed by atoms with E-state index in [1.54, 1.807) is 6.92 Å². The summed E-state index contributed by atoms with van der Waals surface area (Å²) < 4.78 is 23.2. The molecule has 1 aromatic rings. The van der Waals surface area contributed by atoms with Crippen molar-refractivity contribution in [3.05, 3.63) is 35.9 Å². The second-order valence-electron chi connectivity index (χ2n) is 8.72. The summed E-state index contributed by atoms with van der Waals surface area (Å²) in [5.74, 6) is -1.41. The maximum Gasteiger partial charge on any atom is 0.408 e. The zero-order valence-corrected chi connectivity index (χ0v) is 20.2. The van der Waals surface area contributed by atoms with Gasteiger partial charge in [-0.3, -0.25) is 9.36 Å². The molecule has 3 unspecified atom stereocenters. The van der Waals surface area contributed by atoms with Gasteiger partial charge >= 0.3 is 12.1 Å². The highest BCUT2D eigenvalue weighted by Gasteiger charge is 2.36. The molecule has 2 rings (SSSR count). The lowest BCUT2D eigenvalue weighted by Crippen LogP contribution is -2.36. The average molecular weight is 468 g/mol. The lowest BCUT2D eigenvalue weighted by molar-refractivity contribution is -0.145. The summed E-state index contributed by atoms with van der Waals surface area (Å²) in [6.07, 6.45) is 7.97. The summed E-state index contributed by atoms with van der Waals surface area (Å²) in [5.41, 5.74) is 0.826. The molecule has 0 bridgehead atoms. The van der Waals surface area contributed by atoms with E-state index in [0.29, 0.717) is 12.3 Å². The van der Waals surface area contributed by atoms with Crippen LogP contribution in [0.5, 0.6) is 0 Å². The molecule has 180 valence electrons. The number of amides is 1. The molecule has 2 N–H and O–H groups in total. The molecule has 0 heterocycles. The quantitative estimate of drug-likeness (QED) is 0.313. The van der Waals surface area contributed by atoms with Crippen molar-refractivity contribution in [3.8, 4) is 0 Å². The summed E-state index contributed by atoms with van der Waals surface area (Å²) in [5, 5.41) is 2.52. The van der Waals surface area contributed by atoms with E-state index >= 15 is 0 Å². The molecular formula is C24H38NO6P. The zero-order chi connectivity index (χ0) is 23.4. The summed E-state index contributed by atoms with van der Waals surface area (Å²) in [4.78, 5) is 35.2. The molecule has 1 aliphatic rings. The Balaban J connectivity index is 1.89. The van der Waals surface area contributed by atoms with E-state index in [0.717, 1.165) is 18.4 Å². The SMILES string of the molecule is CCC(NC(=O)OCc1ccccc1)P(=O)(O)CC(CCCC1CCCCC1)C(=O)OC. The van der Waals surface area contributed by atoms with Crippen molar-refractivity contribution in [3.63, 3.8) is 0 Å². The van der Waals surface area contributed by atoms with Gasteiger partial charge in [-0.25, -0.2) is 4.79 Å². The average Bonchev–Trinajstić information content (AvgIpc) is 2.81. The number of esters is 1. The first kappa shape index (κ1) is 26.4. The minimum Gasteiger partial charge on any atom is -0.469 e.